The van der Waals surface area contributed by atoms with Crippen molar-refractivity contribution in [3.8, 4) is 0 Å². The second-order valence-corrected chi connectivity index (χ2v) is 4.06. The molecule has 0 aliphatic rings. The van der Waals surface area contributed by atoms with Gasteiger partial charge >= 0.3 is 17.9 Å². The van der Waals surface area contributed by atoms with Crippen molar-refractivity contribution in [3.05, 3.63) is 10.2 Å². The van der Waals surface area contributed by atoms with E-state index in [2.05, 4.69) is 0 Å². The van der Waals surface area contributed by atoms with Crippen molar-refractivity contribution >= 4 is 40.5 Å². The molecular weight excluding hydrogens is 355 g/mol. The van der Waals surface area contributed by atoms with Crippen LogP contribution in [-0.2, 0) is 28.6 Å². The highest BCUT2D eigenvalue weighted by atomic mass is 127. The lowest BCUT2D eigenvalue weighted by molar-refractivity contribution is -0.169. The molecule has 0 aliphatic carbocycles. The fourth-order valence-corrected chi connectivity index (χ4v) is 1.52. The third-order valence-electron chi connectivity index (χ3n) is 1.70. The molecule has 0 aliphatic heterocycles. The van der Waals surface area contributed by atoms with Crippen LogP contribution in [0.25, 0.3) is 0 Å². The Morgan fingerprint density at radius 2 is 1.61 bits per heavy atom. The zero-order valence-corrected chi connectivity index (χ0v) is 12.5. The predicted molar refractivity (Wildman–Crippen MR) is 70.9 cm³/mol. The highest BCUT2D eigenvalue weighted by Crippen LogP contribution is 2.10. The van der Waals surface area contributed by atoms with Crippen molar-refractivity contribution in [1.82, 2.24) is 0 Å². The van der Waals surface area contributed by atoms with Crippen LogP contribution in [0.15, 0.2) is 10.2 Å². The molecule has 0 heterocycles. The zero-order chi connectivity index (χ0) is 14.1. The SMILES string of the molecule is CC(=O)OC[C@@H](OC(C)=O)[C@H](/C=C\I)OC(C)=O. The van der Waals surface area contributed by atoms with Gasteiger partial charge in [-0.15, -0.1) is 0 Å². The van der Waals surface area contributed by atoms with E-state index in [4.69, 9.17) is 14.2 Å². The lowest BCUT2D eigenvalue weighted by atomic mass is 10.2. The van der Waals surface area contributed by atoms with Gasteiger partial charge in [-0.2, -0.15) is 0 Å². The maximum absolute atomic E-state index is 11.0. The predicted octanol–water partition coefficient (Wildman–Crippen LogP) is 1.36. The van der Waals surface area contributed by atoms with Crippen LogP contribution >= 0.6 is 22.6 Å². The molecule has 0 aromatic heterocycles. The Morgan fingerprint density at radius 1 is 1.06 bits per heavy atom. The van der Waals surface area contributed by atoms with Gasteiger partial charge in [0.05, 0.1) is 0 Å². The van der Waals surface area contributed by atoms with Crippen LogP contribution in [0.3, 0.4) is 0 Å². The topological polar surface area (TPSA) is 78.9 Å². The summed E-state index contributed by atoms with van der Waals surface area (Å²) in [5.74, 6) is -1.58. The molecule has 0 aromatic rings. The van der Waals surface area contributed by atoms with Crippen LogP contribution in [0.5, 0.6) is 0 Å². The lowest BCUT2D eigenvalue weighted by Crippen LogP contribution is -2.37. The number of carbonyl (C=O) groups excluding carboxylic acids is 3. The molecule has 18 heavy (non-hydrogen) atoms. The standard InChI is InChI=1S/C11H15IO6/c1-7(13)16-6-11(18-9(3)15)10(4-5-12)17-8(2)14/h4-5,10-11H,6H2,1-3H3/b5-4-/t10-,11+/m0/s1. The summed E-state index contributed by atoms with van der Waals surface area (Å²) in [6.45, 7) is 3.53. The van der Waals surface area contributed by atoms with Crippen molar-refractivity contribution in [2.24, 2.45) is 0 Å². The number of carbonyl (C=O) groups is 3. The maximum Gasteiger partial charge on any atom is 0.303 e. The van der Waals surface area contributed by atoms with E-state index in [1.807, 2.05) is 22.6 Å². The lowest BCUT2D eigenvalue weighted by Gasteiger charge is -2.23. The van der Waals surface area contributed by atoms with Gasteiger partial charge in [0.2, 0.25) is 0 Å². The first-order valence-electron chi connectivity index (χ1n) is 5.11. The quantitative estimate of drug-likeness (QED) is 0.399. The molecular formula is C11H15IO6. The fourth-order valence-electron chi connectivity index (χ4n) is 1.11. The molecule has 0 unspecified atom stereocenters. The first kappa shape index (κ1) is 16.9. The van der Waals surface area contributed by atoms with Crippen molar-refractivity contribution < 1.29 is 28.6 Å². The van der Waals surface area contributed by atoms with E-state index in [0.29, 0.717) is 0 Å². The monoisotopic (exact) mass is 370 g/mol. The minimum atomic E-state index is -0.860. The molecule has 0 saturated carbocycles. The summed E-state index contributed by atoms with van der Waals surface area (Å²) in [6.07, 6.45) is -0.108. The summed E-state index contributed by atoms with van der Waals surface area (Å²) in [5.41, 5.74) is 0. The molecule has 0 bridgehead atoms. The Bertz CT molecular complexity index is 338. The van der Waals surface area contributed by atoms with E-state index in [9.17, 15) is 14.4 Å². The summed E-state index contributed by atoms with van der Waals surface area (Å²) >= 11 is 1.94. The molecule has 0 amide bonds. The molecule has 0 N–H and O–H groups in total. The van der Waals surface area contributed by atoms with E-state index in [1.165, 1.54) is 20.8 Å². The van der Waals surface area contributed by atoms with E-state index in [-0.39, 0.29) is 6.61 Å². The molecule has 2 atom stereocenters. The average Bonchev–Trinajstić information content (AvgIpc) is 2.22. The molecule has 0 aromatic carbocycles. The van der Waals surface area contributed by atoms with Crippen LogP contribution in [0.4, 0.5) is 0 Å². The van der Waals surface area contributed by atoms with E-state index in [0.717, 1.165) is 0 Å². The molecule has 0 saturated heterocycles. The van der Waals surface area contributed by atoms with Gasteiger partial charge in [-0.05, 0) is 10.2 Å². The van der Waals surface area contributed by atoms with Gasteiger partial charge in [-0.3, -0.25) is 14.4 Å². The van der Waals surface area contributed by atoms with Crippen LogP contribution in [0, 0.1) is 0 Å². The Balaban J connectivity index is 4.77. The molecule has 0 spiro atoms. The van der Waals surface area contributed by atoms with Crippen molar-refractivity contribution in [3.63, 3.8) is 0 Å². The van der Waals surface area contributed by atoms with Gasteiger partial charge in [-0.1, -0.05) is 22.6 Å². The summed E-state index contributed by atoms with van der Waals surface area (Å²) in [5, 5.41) is 0. The Hall–Kier alpha value is -1.12. The van der Waals surface area contributed by atoms with Crippen LogP contribution < -0.4 is 0 Å². The number of esters is 3. The molecule has 7 heteroatoms. The number of hydrogen-bond donors (Lipinski definition) is 0. The Morgan fingerprint density at radius 3 is 2.00 bits per heavy atom. The number of hydrogen-bond acceptors (Lipinski definition) is 6. The highest BCUT2D eigenvalue weighted by Gasteiger charge is 2.26. The van der Waals surface area contributed by atoms with E-state index in [1.54, 1.807) is 10.2 Å². The van der Waals surface area contributed by atoms with Gasteiger partial charge in [0.15, 0.2) is 12.2 Å². The second kappa shape index (κ2) is 8.90. The van der Waals surface area contributed by atoms with Gasteiger partial charge in [-0.25, -0.2) is 0 Å². The van der Waals surface area contributed by atoms with E-state index < -0.39 is 30.1 Å². The Kier molecular flexibility index (Phi) is 8.34. The first-order chi connectivity index (χ1) is 8.36. The summed E-state index contributed by atoms with van der Waals surface area (Å²) in [4.78, 5) is 32.7. The molecule has 0 radical (unpaired) electrons. The maximum atomic E-state index is 11.0. The zero-order valence-electron chi connectivity index (χ0n) is 10.3. The van der Waals surface area contributed by atoms with Gasteiger partial charge in [0.25, 0.3) is 0 Å². The van der Waals surface area contributed by atoms with Crippen LogP contribution in [0.1, 0.15) is 20.8 Å². The molecule has 0 fully saturated rings. The van der Waals surface area contributed by atoms with Gasteiger partial charge < -0.3 is 14.2 Å². The molecule has 102 valence electrons. The normalized spacial score (nSPS) is 13.8. The third-order valence-corrected chi connectivity index (χ3v) is 2.11. The van der Waals surface area contributed by atoms with Crippen LogP contribution in [0.2, 0.25) is 0 Å². The number of rotatable bonds is 6. The fraction of sp³-hybridized carbons (Fsp3) is 0.545. The minimum absolute atomic E-state index is 0.173. The molecule has 6 nitrogen and oxygen atoms in total. The largest absolute Gasteiger partial charge is 0.462 e. The Labute approximate surface area is 119 Å². The van der Waals surface area contributed by atoms with Crippen molar-refractivity contribution in [1.29, 1.82) is 0 Å². The third kappa shape index (κ3) is 8.04. The van der Waals surface area contributed by atoms with Gasteiger partial charge in [0, 0.05) is 20.8 Å². The summed E-state index contributed by atoms with van der Waals surface area (Å²) in [6, 6.07) is 0. The average molecular weight is 370 g/mol. The van der Waals surface area contributed by atoms with Crippen molar-refractivity contribution in [2.45, 2.75) is 33.0 Å². The smallest absolute Gasteiger partial charge is 0.303 e. The van der Waals surface area contributed by atoms with Crippen LogP contribution in [-0.4, -0.2) is 36.7 Å². The molecule has 0 rings (SSSR count). The van der Waals surface area contributed by atoms with Crippen molar-refractivity contribution in [2.75, 3.05) is 6.61 Å². The summed E-state index contributed by atoms with van der Waals surface area (Å²) < 4.78 is 16.3. The second-order valence-electron chi connectivity index (χ2n) is 3.34. The first-order valence-corrected chi connectivity index (χ1v) is 6.36. The minimum Gasteiger partial charge on any atom is -0.462 e. The summed E-state index contributed by atoms with van der Waals surface area (Å²) in [7, 11) is 0. The number of halogens is 1. The number of ether oxygens (including phenoxy) is 3. The van der Waals surface area contributed by atoms with Gasteiger partial charge in [0.1, 0.15) is 6.61 Å². The highest BCUT2D eigenvalue weighted by molar-refractivity contribution is 14.1. The van der Waals surface area contributed by atoms with E-state index >= 15 is 0 Å².